The Morgan fingerprint density at radius 1 is 1.45 bits per heavy atom. The summed E-state index contributed by atoms with van der Waals surface area (Å²) in [6.45, 7) is 2.36. The summed E-state index contributed by atoms with van der Waals surface area (Å²) in [6, 6.07) is 3.79. The molecule has 0 saturated carbocycles. The first-order chi connectivity index (χ1) is 10.4. The summed E-state index contributed by atoms with van der Waals surface area (Å²) >= 11 is 0. The zero-order chi connectivity index (χ0) is 16.3. The monoisotopic (exact) mass is 307 g/mol. The summed E-state index contributed by atoms with van der Waals surface area (Å²) in [7, 11) is 0. The highest BCUT2D eigenvalue weighted by Crippen LogP contribution is 2.23. The third kappa shape index (κ3) is 3.51. The van der Waals surface area contributed by atoms with Gasteiger partial charge in [0.2, 0.25) is 0 Å². The van der Waals surface area contributed by atoms with Gasteiger partial charge in [-0.05, 0) is 25.3 Å². The largest absolute Gasteiger partial charge is 0.481 e. The van der Waals surface area contributed by atoms with Crippen LogP contribution in [0.4, 0.5) is 16.2 Å². The van der Waals surface area contributed by atoms with Crippen molar-refractivity contribution in [2.75, 3.05) is 18.4 Å². The van der Waals surface area contributed by atoms with Crippen molar-refractivity contribution < 1.29 is 19.6 Å². The molecule has 1 atom stereocenters. The van der Waals surface area contributed by atoms with Gasteiger partial charge in [-0.3, -0.25) is 14.9 Å². The van der Waals surface area contributed by atoms with E-state index in [0.717, 1.165) is 0 Å². The van der Waals surface area contributed by atoms with Crippen LogP contribution >= 0.6 is 0 Å². The van der Waals surface area contributed by atoms with E-state index in [1.165, 1.54) is 17.0 Å². The highest BCUT2D eigenvalue weighted by atomic mass is 16.6. The Bertz CT molecular complexity index is 616. The molecule has 1 aliphatic rings. The van der Waals surface area contributed by atoms with E-state index in [0.29, 0.717) is 30.6 Å². The van der Waals surface area contributed by atoms with Crippen LogP contribution in [0.1, 0.15) is 18.4 Å². The zero-order valence-electron chi connectivity index (χ0n) is 12.1. The highest BCUT2D eigenvalue weighted by molar-refractivity contribution is 5.91. The summed E-state index contributed by atoms with van der Waals surface area (Å²) in [5.74, 6) is -1.48. The quantitative estimate of drug-likeness (QED) is 0.656. The van der Waals surface area contributed by atoms with Crippen molar-refractivity contribution in [2.24, 2.45) is 5.92 Å². The van der Waals surface area contributed by atoms with Crippen molar-refractivity contribution in [3.8, 4) is 0 Å². The van der Waals surface area contributed by atoms with Crippen LogP contribution in [0.25, 0.3) is 0 Å². The van der Waals surface area contributed by atoms with Gasteiger partial charge in [-0.25, -0.2) is 4.79 Å². The van der Waals surface area contributed by atoms with Gasteiger partial charge in [0.05, 0.1) is 16.5 Å². The molecule has 0 aromatic heterocycles. The number of nitrogens with one attached hydrogen (secondary N) is 1. The van der Waals surface area contributed by atoms with Gasteiger partial charge in [0.15, 0.2) is 0 Å². The molecule has 1 saturated heterocycles. The van der Waals surface area contributed by atoms with Crippen molar-refractivity contribution in [3.05, 3.63) is 33.9 Å². The summed E-state index contributed by atoms with van der Waals surface area (Å²) in [4.78, 5) is 34.9. The van der Waals surface area contributed by atoms with Crippen LogP contribution in [0.5, 0.6) is 0 Å². The molecule has 0 bridgehead atoms. The van der Waals surface area contributed by atoms with E-state index in [4.69, 9.17) is 5.11 Å². The average Bonchev–Trinajstić information content (AvgIpc) is 2.49. The summed E-state index contributed by atoms with van der Waals surface area (Å²) in [6.07, 6.45) is 1.17. The van der Waals surface area contributed by atoms with E-state index in [9.17, 15) is 19.7 Å². The van der Waals surface area contributed by atoms with Gasteiger partial charge in [0, 0.05) is 25.2 Å². The SMILES string of the molecule is Cc1ccc([N+](=O)[O-])cc1NC(=O)N1CCCC(C(=O)O)C1. The molecule has 8 nitrogen and oxygen atoms in total. The number of non-ortho nitro benzene ring substituents is 1. The fraction of sp³-hybridized carbons (Fsp3) is 0.429. The normalized spacial score (nSPS) is 17.9. The molecular formula is C14H17N3O5. The number of carbonyl (C=O) groups excluding carboxylic acids is 1. The zero-order valence-corrected chi connectivity index (χ0v) is 12.1. The van der Waals surface area contributed by atoms with Gasteiger partial charge in [-0.2, -0.15) is 0 Å². The second kappa shape index (κ2) is 6.42. The molecule has 0 spiro atoms. The lowest BCUT2D eigenvalue weighted by atomic mass is 9.99. The molecule has 1 aromatic carbocycles. The Labute approximate surface area is 126 Å². The van der Waals surface area contributed by atoms with Gasteiger partial charge in [-0.15, -0.1) is 0 Å². The van der Waals surface area contributed by atoms with Crippen molar-refractivity contribution in [1.82, 2.24) is 4.90 Å². The molecule has 118 valence electrons. The van der Waals surface area contributed by atoms with Crippen LogP contribution < -0.4 is 5.32 Å². The van der Waals surface area contributed by atoms with Crippen LogP contribution in [0.3, 0.4) is 0 Å². The van der Waals surface area contributed by atoms with E-state index in [1.807, 2.05) is 0 Å². The van der Waals surface area contributed by atoms with Crippen LogP contribution in [0.2, 0.25) is 0 Å². The summed E-state index contributed by atoms with van der Waals surface area (Å²) < 4.78 is 0. The Morgan fingerprint density at radius 3 is 2.82 bits per heavy atom. The van der Waals surface area contributed by atoms with Crippen LogP contribution in [-0.2, 0) is 4.79 Å². The number of amides is 2. The first kappa shape index (κ1) is 15.7. The second-order valence-electron chi connectivity index (χ2n) is 5.31. The number of aliphatic carboxylic acids is 1. The van der Waals surface area contributed by atoms with E-state index in [-0.39, 0.29) is 12.2 Å². The number of carbonyl (C=O) groups is 2. The molecule has 1 heterocycles. The lowest BCUT2D eigenvalue weighted by Gasteiger charge is -2.30. The molecule has 1 fully saturated rings. The van der Waals surface area contributed by atoms with Crippen LogP contribution in [0.15, 0.2) is 18.2 Å². The number of nitrogens with zero attached hydrogens (tertiary/aromatic N) is 2. The Hall–Kier alpha value is -2.64. The third-order valence-corrected chi connectivity index (χ3v) is 3.73. The van der Waals surface area contributed by atoms with Crippen LogP contribution in [0, 0.1) is 23.0 Å². The second-order valence-corrected chi connectivity index (χ2v) is 5.31. The number of piperidine rings is 1. The predicted octanol–water partition coefficient (Wildman–Crippen LogP) is 2.23. The van der Waals surface area contributed by atoms with E-state index in [2.05, 4.69) is 5.32 Å². The number of aryl methyl sites for hydroxylation is 1. The maximum absolute atomic E-state index is 12.2. The smallest absolute Gasteiger partial charge is 0.321 e. The fourth-order valence-corrected chi connectivity index (χ4v) is 2.42. The molecule has 8 heteroatoms. The number of carboxylic acid groups (broad SMARTS) is 1. The van der Waals surface area contributed by atoms with Crippen molar-refractivity contribution in [3.63, 3.8) is 0 Å². The Kier molecular flexibility index (Phi) is 4.59. The minimum absolute atomic E-state index is 0.108. The summed E-state index contributed by atoms with van der Waals surface area (Å²) in [5.41, 5.74) is 0.949. The summed E-state index contributed by atoms with van der Waals surface area (Å²) in [5, 5.41) is 22.4. The standard InChI is InChI=1S/C14H17N3O5/c1-9-4-5-11(17(21)22)7-12(9)15-14(20)16-6-2-3-10(8-16)13(18)19/h4-5,7,10H,2-3,6,8H2,1H3,(H,15,20)(H,18,19). The Balaban J connectivity index is 2.10. The number of carboxylic acids is 1. The number of benzene rings is 1. The number of rotatable bonds is 3. The molecular weight excluding hydrogens is 290 g/mol. The predicted molar refractivity (Wildman–Crippen MR) is 78.8 cm³/mol. The maximum atomic E-state index is 12.2. The number of likely N-dealkylation sites (tertiary alicyclic amines) is 1. The fourth-order valence-electron chi connectivity index (χ4n) is 2.42. The van der Waals surface area contributed by atoms with Crippen LogP contribution in [-0.4, -0.2) is 40.0 Å². The topological polar surface area (TPSA) is 113 Å². The van der Waals surface area contributed by atoms with E-state index >= 15 is 0 Å². The molecule has 1 unspecified atom stereocenters. The van der Waals surface area contributed by atoms with Gasteiger partial charge < -0.3 is 15.3 Å². The van der Waals surface area contributed by atoms with Gasteiger partial charge in [-0.1, -0.05) is 6.07 Å². The third-order valence-electron chi connectivity index (χ3n) is 3.73. The number of urea groups is 1. The van der Waals surface area contributed by atoms with Gasteiger partial charge in [0.25, 0.3) is 5.69 Å². The van der Waals surface area contributed by atoms with Gasteiger partial charge in [0.1, 0.15) is 0 Å². The molecule has 0 radical (unpaired) electrons. The molecule has 2 amide bonds. The van der Waals surface area contributed by atoms with Gasteiger partial charge >= 0.3 is 12.0 Å². The molecule has 2 rings (SSSR count). The average molecular weight is 307 g/mol. The first-order valence-corrected chi connectivity index (χ1v) is 6.92. The maximum Gasteiger partial charge on any atom is 0.321 e. The minimum Gasteiger partial charge on any atom is -0.481 e. The molecule has 2 N–H and O–H groups in total. The Morgan fingerprint density at radius 2 is 2.18 bits per heavy atom. The lowest BCUT2D eigenvalue weighted by Crippen LogP contribution is -2.44. The number of nitro benzene ring substituents is 1. The molecule has 1 aliphatic heterocycles. The lowest BCUT2D eigenvalue weighted by molar-refractivity contribution is -0.384. The highest BCUT2D eigenvalue weighted by Gasteiger charge is 2.28. The van der Waals surface area contributed by atoms with Crippen molar-refractivity contribution in [2.45, 2.75) is 19.8 Å². The number of hydrogen-bond acceptors (Lipinski definition) is 4. The number of nitro groups is 1. The number of hydrogen-bond donors (Lipinski definition) is 2. The molecule has 0 aliphatic carbocycles. The minimum atomic E-state index is -0.913. The first-order valence-electron chi connectivity index (χ1n) is 6.92. The molecule has 22 heavy (non-hydrogen) atoms. The van der Waals surface area contributed by atoms with Crippen molar-refractivity contribution >= 4 is 23.4 Å². The van der Waals surface area contributed by atoms with E-state index in [1.54, 1.807) is 13.0 Å². The van der Waals surface area contributed by atoms with Crippen molar-refractivity contribution in [1.29, 1.82) is 0 Å². The molecule has 1 aromatic rings. The van der Waals surface area contributed by atoms with E-state index < -0.39 is 22.8 Å². The number of anilines is 1.